The number of hydrazine groups is 1. The van der Waals surface area contributed by atoms with Crippen LogP contribution in [0.15, 0.2) is 12.1 Å². The minimum Gasteiger partial charge on any atom is -0.326 e. The Morgan fingerprint density at radius 1 is 1.39 bits per heavy atom. The number of nitro groups is 1. The van der Waals surface area contributed by atoms with Gasteiger partial charge in [-0.05, 0) is 18.1 Å². The van der Waals surface area contributed by atoms with Gasteiger partial charge in [-0.25, -0.2) is 5.01 Å². The molecule has 0 spiro atoms. The highest BCUT2D eigenvalue weighted by Crippen LogP contribution is 2.34. The number of rotatable bonds is 3. The Bertz CT molecular complexity index is 513. The quantitative estimate of drug-likeness (QED) is 0.625. The molecule has 1 amide bonds. The predicted octanol–water partition coefficient (Wildman–Crippen LogP) is 1.37. The fourth-order valence-corrected chi connectivity index (χ4v) is 1.90. The van der Waals surface area contributed by atoms with Gasteiger partial charge in [0, 0.05) is 26.6 Å². The zero-order valence-corrected chi connectivity index (χ0v) is 10.2. The Balaban J connectivity index is 2.46. The molecule has 0 bridgehead atoms. The van der Waals surface area contributed by atoms with Crippen LogP contribution in [0, 0.1) is 10.1 Å². The molecule has 0 atom stereocenters. The van der Waals surface area contributed by atoms with Crippen molar-refractivity contribution in [1.29, 1.82) is 0 Å². The summed E-state index contributed by atoms with van der Waals surface area (Å²) in [6.45, 7) is 0. The van der Waals surface area contributed by atoms with Gasteiger partial charge in [0.15, 0.2) is 0 Å². The van der Waals surface area contributed by atoms with Crippen LogP contribution in [0.5, 0.6) is 0 Å². The van der Waals surface area contributed by atoms with Gasteiger partial charge < -0.3 is 10.7 Å². The van der Waals surface area contributed by atoms with Crippen LogP contribution < -0.4 is 10.7 Å². The van der Waals surface area contributed by atoms with Crippen molar-refractivity contribution in [3.05, 3.63) is 27.8 Å². The van der Waals surface area contributed by atoms with E-state index in [1.165, 1.54) is 6.07 Å². The van der Waals surface area contributed by atoms with Crippen molar-refractivity contribution in [2.75, 3.05) is 24.8 Å². The summed E-state index contributed by atoms with van der Waals surface area (Å²) in [6, 6.07) is 3.12. The number of nitrogens with one attached hydrogen (secondary N) is 2. The fourth-order valence-electron chi connectivity index (χ4n) is 1.90. The first-order valence-electron chi connectivity index (χ1n) is 5.52. The second kappa shape index (κ2) is 4.61. The fraction of sp³-hybridized carbons (Fsp3) is 0.364. The highest BCUT2D eigenvalue weighted by Gasteiger charge is 2.22. The Kier molecular flexibility index (Phi) is 3.15. The summed E-state index contributed by atoms with van der Waals surface area (Å²) < 4.78 is 0. The van der Waals surface area contributed by atoms with Crippen LogP contribution in [0.2, 0.25) is 0 Å². The molecule has 0 radical (unpaired) electrons. The summed E-state index contributed by atoms with van der Waals surface area (Å²) in [4.78, 5) is 21.8. The summed E-state index contributed by atoms with van der Waals surface area (Å²) in [5, 5.41) is 15.3. The third kappa shape index (κ3) is 2.40. The molecule has 1 aliphatic heterocycles. The lowest BCUT2D eigenvalue weighted by Crippen LogP contribution is -2.22. The second-order valence-electron chi connectivity index (χ2n) is 4.34. The molecule has 2 rings (SSSR count). The molecule has 1 aromatic carbocycles. The smallest absolute Gasteiger partial charge is 0.295 e. The minimum atomic E-state index is -0.465. The van der Waals surface area contributed by atoms with E-state index in [0.717, 1.165) is 5.56 Å². The number of nitro benzene ring substituents is 1. The van der Waals surface area contributed by atoms with E-state index in [4.69, 9.17) is 0 Å². The van der Waals surface area contributed by atoms with Crippen LogP contribution in [-0.4, -0.2) is 29.9 Å². The van der Waals surface area contributed by atoms with Crippen molar-refractivity contribution in [3.63, 3.8) is 0 Å². The number of aryl methyl sites for hydroxylation is 1. The third-order valence-corrected chi connectivity index (χ3v) is 2.66. The molecule has 7 nitrogen and oxygen atoms in total. The molecule has 2 N–H and O–H groups in total. The van der Waals surface area contributed by atoms with E-state index >= 15 is 0 Å². The van der Waals surface area contributed by atoms with Gasteiger partial charge in [-0.1, -0.05) is 0 Å². The van der Waals surface area contributed by atoms with Crippen LogP contribution in [0.4, 0.5) is 17.1 Å². The highest BCUT2D eigenvalue weighted by molar-refractivity contribution is 5.95. The summed E-state index contributed by atoms with van der Waals surface area (Å²) in [7, 11) is 3.51. The molecule has 1 heterocycles. The first kappa shape index (κ1) is 12.3. The maximum Gasteiger partial charge on any atom is 0.295 e. The molecule has 0 saturated carbocycles. The number of carbonyl (C=O) groups is 1. The minimum absolute atomic E-state index is 0.0512. The molecular weight excluding hydrogens is 236 g/mol. The molecule has 0 saturated heterocycles. The van der Waals surface area contributed by atoms with E-state index in [1.807, 2.05) is 0 Å². The Hall–Kier alpha value is -2.15. The number of hydrogen-bond donors (Lipinski definition) is 2. The molecular formula is C11H14N4O3. The molecule has 0 aliphatic carbocycles. The number of anilines is 2. The van der Waals surface area contributed by atoms with Crippen molar-refractivity contribution >= 4 is 23.0 Å². The largest absolute Gasteiger partial charge is 0.326 e. The molecule has 7 heteroatoms. The Morgan fingerprint density at radius 3 is 2.72 bits per heavy atom. The van der Waals surface area contributed by atoms with Crippen molar-refractivity contribution < 1.29 is 9.72 Å². The van der Waals surface area contributed by atoms with Crippen LogP contribution in [0.25, 0.3) is 0 Å². The molecule has 0 unspecified atom stereocenters. The standard InChI is InChI=1S/C11H14N4O3/c1-14(2)13-9-5-7-3-4-11(16)12-8(7)6-10(9)15(17)18/h5-6,13H,3-4H2,1-2H3,(H,12,16). The number of fused-ring (bicyclic) bond motifs is 1. The molecule has 1 aliphatic rings. The molecule has 18 heavy (non-hydrogen) atoms. The van der Waals surface area contributed by atoms with Gasteiger partial charge in [0.2, 0.25) is 5.91 Å². The predicted molar refractivity (Wildman–Crippen MR) is 67.4 cm³/mol. The van der Waals surface area contributed by atoms with E-state index in [2.05, 4.69) is 10.7 Å². The monoisotopic (exact) mass is 250 g/mol. The Labute approximate surface area is 104 Å². The normalized spacial score (nSPS) is 14.1. The van der Waals surface area contributed by atoms with Gasteiger partial charge in [0.05, 0.1) is 10.6 Å². The van der Waals surface area contributed by atoms with Crippen LogP contribution in [-0.2, 0) is 11.2 Å². The van der Waals surface area contributed by atoms with E-state index in [1.54, 1.807) is 25.2 Å². The lowest BCUT2D eigenvalue weighted by atomic mass is 10.0. The summed E-state index contributed by atoms with van der Waals surface area (Å²) in [6.07, 6.45) is 1.01. The average molecular weight is 250 g/mol. The van der Waals surface area contributed by atoms with Gasteiger partial charge in [-0.2, -0.15) is 0 Å². The van der Waals surface area contributed by atoms with E-state index < -0.39 is 4.92 Å². The second-order valence-corrected chi connectivity index (χ2v) is 4.34. The molecule has 1 aromatic rings. The number of hydrogen-bond acceptors (Lipinski definition) is 5. The number of benzene rings is 1. The highest BCUT2D eigenvalue weighted by atomic mass is 16.6. The molecule has 96 valence electrons. The van der Waals surface area contributed by atoms with Crippen LogP contribution in [0.1, 0.15) is 12.0 Å². The maximum atomic E-state index is 11.3. The van der Waals surface area contributed by atoms with E-state index in [9.17, 15) is 14.9 Å². The maximum absolute atomic E-state index is 11.3. The summed E-state index contributed by atoms with van der Waals surface area (Å²) >= 11 is 0. The third-order valence-electron chi connectivity index (χ3n) is 2.66. The van der Waals surface area contributed by atoms with Crippen LogP contribution in [0.3, 0.4) is 0 Å². The van der Waals surface area contributed by atoms with Gasteiger partial charge in [-0.15, -0.1) is 0 Å². The van der Waals surface area contributed by atoms with E-state index in [-0.39, 0.29) is 11.6 Å². The average Bonchev–Trinajstić information content (AvgIpc) is 2.27. The first-order valence-corrected chi connectivity index (χ1v) is 5.52. The number of amides is 1. The lowest BCUT2D eigenvalue weighted by Gasteiger charge is -2.20. The summed E-state index contributed by atoms with van der Waals surface area (Å²) in [5.41, 5.74) is 4.71. The van der Waals surface area contributed by atoms with Crippen molar-refractivity contribution in [2.45, 2.75) is 12.8 Å². The molecule has 0 aromatic heterocycles. The topological polar surface area (TPSA) is 87.5 Å². The van der Waals surface area contributed by atoms with Gasteiger partial charge >= 0.3 is 0 Å². The summed E-state index contributed by atoms with van der Waals surface area (Å²) in [5.74, 6) is -0.106. The Morgan fingerprint density at radius 2 is 2.11 bits per heavy atom. The van der Waals surface area contributed by atoms with Crippen molar-refractivity contribution in [1.82, 2.24) is 5.01 Å². The zero-order valence-electron chi connectivity index (χ0n) is 10.2. The van der Waals surface area contributed by atoms with Gasteiger partial charge in [0.25, 0.3) is 5.69 Å². The first-order chi connectivity index (χ1) is 8.47. The molecule has 0 fully saturated rings. The number of nitrogens with zero attached hydrogens (tertiary/aromatic N) is 2. The lowest BCUT2D eigenvalue weighted by molar-refractivity contribution is -0.384. The number of carbonyl (C=O) groups excluding carboxylic acids is 1. The SMILES string of the molecule is CN(C)Nc1cc2c(cc1[N+](=O)[O-])NC(=O)CC2. The van der Waals surface area contributed by atoms with Gasteiger partial charge in [-0.3, -0.25) is 14.9 Å². The van der Waals surface area contributed by atoms with Gasteiger partial charge in [0.1, 0.15) is 5.69 Å². The zero-order chi connectivity index (χ0) is 13.3. The van der Waals surface area contributed by atoms with Crippen molar-refractivity contribution in [3.8, 4) is 0 Å². The van der Waals surface area contributed by atoms with Crippen molar-refractivity contribution in [2.24, 2.45) is 0 Å². The van der Waals surface area contributed by atoms with Crippen LogP contribution >= 0.6 is 0 Å². The van der Waals surface area contributed by atoms with E-state index in [0.29, 0.717) is 24.2 Å².